The molecule has 4 heteroatoms. The lowest BCUT2D eigenvalue weighted by molar-refractivity contribution is 0.174. The third-order valence-corrected chi connectivity index (χ3v) is 3.38. The Hall–Kier alpha value is -1.87. The maximum absolute atomic E-state index is 6.20. The number of rotatable bonds is 3. The van der Waals surface area contributed by atoms with Crippen molar-refractivity contribution in [3.8, 4) is 11.5 Å². The highest BCUT2D eigenvalue weighted by molar-refractivity contribution is 6.33. The van der Waals surface area contributed by atoms with Gasteiger partial charge in [0, 0.05) is 18.7 Å². The molecule has 1 N–H and O–H groups in total. The van der Waals surface area contributed by atoms with E-state index in [0.717, 1.165) is 18.0 Å². The zero-order chi connectivity index (χ0) is 13.2. The minimum Gasteiger partial charge on any atom is -0.454 e. The highest BCUT2D eigenvalue weighted by atomic mass is 35.5. The Morgan fingerprint density at radius 3 is 2.53 bits per heavy atom. The van der Waals surface area contributed by atoms with Crippen LogP contribution in [0.4, 0.5) is 5.69 Å². The van der Waals surface area contributed by atoms with Crippen LogP contribution in [0, 0.1) is 6.92 Å². The number of hydrogen-bond acceptors (Lipinski definition) is 3. The molecule has 2 aromatic carbocycles. The van der Waals surface area contributed by atoms with Crippen LogP contribution >= 0.6 is 11.6 Å². The summed E-state index contributed by atoms with van der Waals surface area (Å²) in [5, 5.41) is 3.95. The highest BCUT2D eigenvalue weighted by Crippen LogP contribution is 2.39. The van der Waals surface area contributed by atoms with Crippen molar-refractivity contribution in [3.05, 3.63) is 52.5 Å². The van der Waals surface area contributed by atoms with Gasteiger partial charge in [0.15, 0.2) is 11.5 Å². The van der Waals surface area contributed by atoms with E-state index < -0.39 is 0 Å². The predicted molar refractivity (Wildman–Crippen MR) is 76.1 cm³/mol. The molecule has 0 fully saturated rings. The van der Waals surface area contributed by atoms with Crippen LogP contribution < -0.4 is 14.8 Å². The highest BCUT2D eigenvalue weighted by Gasteiger charge is 2.16. The average Bonchev–Trinajstić information content (AvgIpc) is 2.85. The SMILES string of the molecule is Cc1ccc(CNc2cc3c(cc2Cl)OCO3)cc1. The van der Waals surface area contributed by atoms with Gasteiger partial charge in [-0.3, -0.25) is 0 Å². The number of nitrogens with one attached hydrogen (secondary N) is 1. The molecule has 19 heavy (non-hydrogen) atoms. The summed E-state index contributed by atoms with van der Waals surface area (Å²) in [5.41, 5.74) is 3.32. The molecule has 0 bridgehead atoms. The fourth-order valence-electron chi connectivity index (χ4n) is 1.96. The van der Waals surface area contributed by atoms with Crippen molar-refractivity contribution in [1.82, 2.24) is 0 Å². The summed E-state index contributed by atoms with van der Waals surface area (Å²) in [6, 6.07) is 12.0. The molecule has 0 spiro atoms. The van der Waals surface area contributed by atoms with E-state index in [2.05, 4.69) is 36.5 Å². The molecule has 2 aromatic rings. The molecule has 0 saturated heterocycles. The molecule has 0 aliphatic carbocycles. The first kappa shape index (κ1) is 12.2. The third-order valence-electron chi connectivity index (χ3n) is 3.07. The van der Waals surface area contributed by atoms with Gasteiger partial charge < -0.3 is 14.8 Å². The summed E-state index contributed by atoms with van der Waals surface area (Å²) in [6.07, 6.45) is 0. The molecule has 0 atom stereocenters. The number of ether oxygens (including phenoxy) is 2. The van der Waals surface area contributed by atoms with Gasteiger partial charge in [-0.2, -0.15) is 0 Å². The zero-order valence-corrected chi connectivity index (χ0v) is 11.3. The summed E-state index contributed by atoms with van der Waals surface area (Å²) < 4.78 is 10.6. The van der Waals surface area contributed by atoms with Crippen molar-refractivity contribution in [3.63, 3.8) is 0 Å². The zero-order valence-electron chi connectivity index (χ0n) is 10.6. The van der Waals surface area contributed by atoms with Gasteiger partial charge in [-0.1, -0.05) is 41.4 Å². The summed E-state index contributed by atoms with van der Waals surface area (Å²) >= 11 is 6.20. The monoisotopic (exact) mass is 275 g/mol. The minimum absolute atomic E-state index is 0.257. The Balaban J connectivity index is 1.75. The van der Waals surface area contributed by atoms with Crippen molar-refractivity contribution >= 4 is 17.3 Å². The lowest BCUT2D eigenvalue weighted by Gasteiger charge is -2.09. The van der Waals surface area contributed by atoms with E-state index in [1.54, 1.807) is 6.07 Å². The summed E-state index contributed by atoms with van der Waals surface area (Å²) in [5.74, 6) is 1.43. The van der Waals surface area contributed by atoms with Gasteiger partial charge in [-0.05, 0) is 12.5 Å². The van der Waals surface area contributed by atoms with E-state index in [1.165, 1.54) is 11.1 Å². The van der Waals surface area contributed by atoms with Gasteiger partial charge in [0.1, 0.15) is 0 Å². The lowest BCUT2D eigenvalue weighted by atomic mass is 10.1. The summed E-state index contributed by atoms with van der Waals surface area (Å²) in [4.78, 5) is 0. The van der Waals surface area contributed by atoms with Crippen LogP contribution in [0.25, 0.3) is 0 Å². The second-order valence-corrected chi connectivity index (χ2v) is 4.93. The van der Waals surface area contributed by atoms with E-state index in [4.69, 9.17) is 21.1 Å². The first-order valence-electron chi connectivity index (χ1n) is 6.11. The fourth-order valence-corrected chi connectivity index (χ4v) is 2.18. The second-order valence-electron chi connectivity index (χ2n) is 4.52. The van der Waals surface area contributed by atoms with Crippen LogP contribution in [0.5, 0.6) is 11.5 Å². The van der Waals surface area contributed by atoms with Crippen LogP contribution in [-0.2, 0) is 6.54 Å². The Morgan fingerprint density at radius 1 is 1.11 bits per heavy atom. The molecule has 3 rings (SSSR count). The summed E-state index contributed by atoms with van der Waals surface area (Å²) in [7, 11) is 0. The van der Waals surface area contributed by atoms with E-state index in [-0.39, 0.29) is 6.79 Å². The van der Waals surface area contributed by atoms with E-state index in [9.17, 15) is 0 Å². The minimum atomic E-state index is 0.257. The third kappa shape index (κ3) is 2.61. The van der Waals surface area contributed by atoms with Crippen LogP contribution in [0.15, 0.2) is 36.4 Å². The molecular formula is C15H14ClNO2. The smallest absolute Gasteiger partial charge is 0.231 e. The van der Waals surface area contributed by atoms with Gasteiger partial charge in [0.25, 0.3) is 0 Å². The van der Waals surface area contributed by atoms with Crippen molar-refractivity contribution < 1.29 is 9.47 Å². The van der Waals surface area contributed by atoms with E-state index >= 15 is 0 Å². The average molecular weight is 276 g/mol. The number of benzene rings is 2. The van der Waals surface area contributed by atoms with Crippen molar-refractivity contribution in [2.75, 3.05) is 12.1 Å². The molecule has 0 radical (unpaired) electrons. The molecule has 0 aromatic heterocycles. The Labute approximate surface area is 117 Å². The largest absolute Gasteiger partial charge is 0.454 e. The standard InChI is InChI=1S/C15H14ClNO2/c1-10-2-4-11(5-3-10)8-17-13-7-15-14(6-12(13)16)18-9-19-15/h2-7,17H,8-9H2,1H3. The topological polar surface area (TPSA) is 30.5 Å². The molecular weight excluding hydrogens is 262 g/mol. The van der Waals surface area contributed by atoms with Crippen LogP contribution in [0.3, 0.4) is 0 Å². The molecule has 0 amide bonds. The molecule has 0 saturated carbocycles. The Morgan fingerprint density at radius 2 is 1.79 bits per heavy atom. The first-order valence-corrected chi connectivity index (χ1v) is 6.49. The fraction of sp³-hybridized carbons (Fsp3) is 0.200. The van der Waals surface area contributed by atoms with Gasteiger partial charge in [-0.15, -0.1) is 0 Å². The van der Waals surface area contributed by atoms with Gasteiger partial charge in [0.2, 0.25) is 6.79 Å². The molecule has 98 valence electrons. The van der Waals surface area contributed by atoms with Gasteiger partial charge in [0.05, 0.1) is 10.7 Å². The normalized spacial score (nSPS) is 12.5. The molecule has 1 aliphatic heterocycles. The number of aryl methyl sites for hydroxylation is 1. The number of hydrogen-bond donors (Lipinski definition) is 1. The van der Waals surface area contributed by atoms with Crippen molar-refractivity contribution in [1.29, 1.82) is 0 Å². The van der Waals surface area contributed by atoms with Crippen LogP contribution in [0.1, 0.15) is 11.1 Å². The Kier molecular flexibility index (Phi) is 3.22. The number of anilines is 1. The molecule has 0 unspecified atom stereocenters. The van der Waals surface area contributed by atoms with Gasteiger partial charge >= 0.3 is 0 Å². The van der Waals surface area contributed by atoms with Crippen LogP contribution in [-0.4, -0.2) is 6.79 Å². The quantitative estimate of drug-likeness (QED) is 0.919. The molecule has 1 aliphatic rings. The Bertz CT molecular complexity index is 596. The summed E-state index contributed by atoms with van der Waals surface area (Å²) in [6.45, 7) is 3.05. The lowest BCUT2D eigenvalue weighted by Crippen LogP contribution is -2.00. The van der Waals surface area contributed by atoms with Crippen molar-refractivity contribution in [2.45, 2.75) is 13.5 Å². The van der Waals surface area contributed by atoms with Gasteiger partial charge in [-0.25, -0.2) is 0 Å². The molecule has 1 heterocycles. The maximum Gasteiger partial charge on any atom is 0.231 e. The predicted octanol–water partition coefficient (Wildman–Crippen LogP) is 3.99. The van der Waals surface area contributed by atoms with E-state index in [0.29, 0.717) is 10.8 Å². The number of fused-ring (bicyclic) bond motifs is 1. The van der Waals surface area contributed by atoms with E-state index in [1.807, 2.05) is 6.07 Å². The van der Waals surface area contributed by atoms with Crippen molar-refractivity contribution in [2.24, 2.45) is 0 Å². The number of halogens is 1. The first-order chi connectivity index (χ1) is 9.22. The second kappa shape index (κ2) is 5.02. The maximum atomic E-state index is 6.20. The van der Waals surface area contributed by atoms with Crippen LogP contribution in [0.2, 0.25) is 5.02 Å². The molecule has 3 nitrogen and oxygen atoms in total.